The monoisotopic (exact) mass is 411 g/mol. The average Bonchev–Trinajstić information content (AvgIpc) is 3.40. The molecule has 152 valence electrons. The maximum atomic E-state index is 13.0. The Morgan fingerprint density at radius 2 is 2.10 bits per heavy atom. The Hall–Kier alpha value is -2.74. The van der Waals surface area contributed by atoms with Gasteiger partial charge in [0.1, 0.15) is 11.4 Å². The molecule has 1 unspecified atom stereocenters. The Morgan fingerprint density at radius 1 is 1.28 bits per heavy atom. The van der Waals surface area contributed by atoms with Crippen molar-refractivity contribution < 1.29 is 4.79 Å². The van der Waals surface area contributed by atoms with Crippen LogP contribution in [0.5, 0.6) is 0 Å². The summed E-state index contributed by atoms with van der Waals surface area (Å²) in [5.74, 6) is -0.107. The van der Waals surface area contributed by atoms with Crippen LogP contribution in [-0.2, 0) is 5.41 Å². The van der Waals surface area contributed by atoms with E-state index in [2.05, 4.69) is 36.1 Å². The van der Waals surface area contributed by atoms with E-state index < -0.39 is 0 Å². The summed E-state index contributed by atoms with van der Waals surface area (Å²) in [6.07, 6.45) is 1.64. The molecule has 1 N–H and O–H groups in total. The molecular weight excluding hydrogens is 386 g/mol. The first-order chi connectivity index (χ1) is 13.8. The van der Waals surface area contributed by atoms with Crippen LogP contribution in [0.15, 0.2) is 40.5 Å². The minimum Gasteiger partial charge on any atom is -0.335 e. The number of hydrogen-bond acceptors (Lipinski definition) is 5. The number of H-pyrrole nitrogens is 1. The predicted molar refractivity (Wildman–Crippen MR) is 113 cm³/mol. The topological polar surface area (TPSA) is 83.9 Å². The van der Waals surface area contributed by atoms with E-state index in [1.165, 1.54) is 0 Å². The van der Waals surface area contributed by atoms with E-state index in [-0.39, 0.29) is 22.9 Å². The minimum atomic E-state index is -0.139. The molecule has 1 saturated heterocycles. The Balaban J connectivity index is 1.56. The highest BCUT2D eigenvalue weighted by molar-refractivity contribution is 7.13. The van der Waals surface area contributed by atoms with Crippen LogP contribution in [0.4, 0.5) is 0 Å². The van der Waals surface area contributed by atoms with Gasteiger partial charge in [-0.05, 0) is 36.4 Å². The van der Waals surface area contributed by atoms with E-state index in [4.69, 9.17) is 0 Å². The minimum absolute atomic E-state index is 0.102. The lowest BCUT2D eigenvalue weighted by Gasteiger charge is -2.32. The highest BCUT2D eigenvalue weighted by Gasteiger charge is 2.29. The normalized spacial score (nSPS) is 17.5. The number of piperidine rings is 1. The van der Waals surface area contributed by atoms with Gasteiger partial charge in [0.2, 0.25) is 0 Å². The van der Waals surface area contributed by atoms with Gasteiger partial charge in [-0.25, -0.2) is 4.68 Å². The first kappa shape index (κ1) is 19.6. The van der Waals surface area contributed by atoms with Crippen LogP contribution in [0.1, 0.15) is 55.8 Å². The summed E-state index contributed by atoms with van der Waals surface area (Å²) in [5.41, 5.74) is 1.89. The quantitative estimate of drug-likeness (QED) is 0.715. The van der Waals surface area contributed by atoms with Crippen molar-refractivity contribution in [2.75, 3.05) is 13.1 Å². The molecule has 3 aromatic heterocycles. The number of rotatable bonds is 3. The van der Waals surface area contributed by atoms with E-state index in [9.17, 15) is 9.59 Å². The molecule has 1 fully saturated rings. The third kappa shape index (κ3) is 4.03. The Kier molecular flexibility index (Phi) is 5.12. The van der Waals surface area contributed by atoms with Crippen molar-refractivity contribution in [3.05, 3.63) is 57.5 Å². The third-order valence-corrected chi connectivity index (χ3v) is 6.13. The lowest BCUT2D eigenvalue weighted by atomic mass is 9.92. The summed E-state index contributed by atoms with van der Waals surface area (Å²) in [7, 11) is 0. The maximum Gasteiger partial charge on any atom is 0.274 e. The summed E-state index contributed by atoms with van der Waals surface area (Å²) in [6, 6.07) is 8.96. The van der Waals surface area contributed by atoms with Gasteiger partial charge in [0, 0.05) is 30.3 Å². The summed E-state index contributed by atoms with van der Waals surface area (Å²) in [5, 5.41) is 13.8. The van der Waals surface area contributed by atoms with Crippen molar-refractivity contribution in [3.8, 4) is 10.6 Å². The van der Waals surface area contributed by atoms with Crippen LogP contribution in [0, 0.1) is 0 Å². The lowest BCUT2D eigenvalue weighted by Crippen LogP contribution is -2.43. The highest BCUT2D eigenvalue weighted by atomic mass is 32.1. The molecule has 3 aromatic rings. The number of thiophene rings is 1. The molecule has 1 aliphatic rings. The molecule has 0 saturated carbocycles. The van der Waals surface area contributed by atoms with Gasteiger partial charge < -0.3 is 4.90 Å². The molecule has 0 spiro atoms. The molecule has 0 aliphatic carbocycles. The summed E-state index contributed by atoms with van der Waals surface area (Å²) < 4.78 is 1.54. The second kappa shape index (κ2) is 7.59. The van der Waals surface area contributed by atoms with Gasteiger partial charge in [-0.1, -0.05) is 26.8 Å². The van der Waals surface area contributed by atoms with Crippen LogP contribution in [0.2, 0.25) is 0 Å². The zero-order valence-corrected chi connectivity index (χ0v) is 17.7. The van der Waals surface area contributed by atoms with Crippen molar-refractivity contribution in [1.82, 2.24) is 24.9 Å². The molecule has 7 nitrogen and oxygen atoms in total. The van der Waals surface area contributed by atoms with Gasteiger partial charge in [-0.3, -0.25) is 14.7 Å². The van der Waals surface area contributed by atoms with Crippen LogP contribution in [0.25, 0.3) is 10.6 Å². The zero-order chi connectivity index (χ0) is 20.6. The molecule has 1 aliphatic heterocycles. The van der Waals surface area contributed by atoms with Crippen LogP contribution in [-0.4, -0.2) is 43.9 Å². The number of hydrogen-bond donors (Lipinski definition) is 1. The van der Waals surface area contributed by atoms with Crippen LogP contribution in [0.3, 0.4) is 0 Å². The van der Waals surface area contributed by atoms with Crippen molar-refractivity contribution in [2.45, 2.75) is 45.1 Å². The highest BCUT2D eigenvalue weighted by Crippen LogP contribution is 2.25. The molecule has 0 bridgehead atoms. The lowest BCUT2D eigenvalue weighted by molar-refractivity contribution is 0.0664. The molecule has 0 radical (unpaired) electrons. The SMILES string of the molecule is CC(C)(C)c1cc(C(=O)N2CCCC(n3nc(-c4cccs4)ccc3=O)C2)n[nH]1. The van der Waals surface area contributed by atoms with E-state index in [1.807, 2.05) is 23.6 Å². The molecule has 1 atom stereocenters. The predicted octanol–water partition coefficient (Wildman–Crippen LogP) is 3.47. The second-order valence-electron chi connectivity index (χ2n) is 8.44. The largest absolute Gasteiger partial charge is 0.335 e. The molecule has 4 rings (SSSR count). The van der Waals surface area contributed by atoms with Crippen molar-refractivity contribution in [3.63, 3.8) is 0 Å². The number of nitrogens with zero attached hydrogens (tertiary/aromatic N) is 4. The third-order valence-electron chi connectivity index (χ3n) is 5.23. The molecule has 1 amide bonds. The second-order valence-corrected chi connectivity index (χ2v) is 9.39. The van der Waals surface area contributed by atoms with Crippen molar-refractivity contribution in [2.24, 2.45) is 0 Å². The smallest absolute Gasteiger partial charge is 0.274 e. The van der Waals surface area contributed by atoms with Crippen LogP contribution < -0.4 is 5.56 Å². The summed E-state index contributed by atoms with van der Waals surface area (Å²) >= 11 is 1.59. The molecule has 8 heteroatoms. The molecular formula is C21H25N5O2S. The first-order valence-electron chi connectivity index (χ1n) is 9.82. The van der Waals surface area contributed by atoms with Gasteiger partial charge in [-0.2, -0.15) is 10.2 Å². The van der Waals surface area contributed by atoms with E-state index in [0.717, 1.165) is 29.1 Å². The van der Waals surface area contributed by atoms with Gasteiger partial charge in [0.05, 0.1) is 10.9 Å². The fourth-order valence-electron chi connectivity index (χ4n) is 3.56. The zero-order valence-electron chi connectivity index (χ0n) is 16.9. The van der Waals surface area contributed by atoms with E-state index >= 15 is 0 Å². The molecule has 29 heavy (non-hydrogen) atoms. The van der Waals surface area contributed by atoms with Gasteiger partial charge in [-0.15, -0.1) is 11.3 Å². The Labute approximate surface area is 173 Å². The molecule has 4 heterocycles. The summed E-state index contributed by atoms with van der Waals surface area (Å²) in [6.45, 7) is 7.34. The van der Waals surface area contributed by atoms with Crippen molar-refractivity contribution >= 4 is 17.2 Å². The average molecular weight is 412 g/mol. The Morgan fingerprint density at radius 3 is 2.79 bits per heavy atom. The van der Waals surface area contributed by atoms with Crippen LogP contribution >= 0.6 is 11.3 Å². The first-order valence-corrected chi connectivity index (χ1v) is 10.7. The van der Waals surface area contributed by atoms with Crippen molar-refractivity contribution in [1.29, 1.82) is 0 Å². The fourth-order valence-corrected chi connectivity index (χ4v) is 4.25. The number of aromatic nitrogens is 4. The number of nitrogens with one attached hydrogen (secondary N) is 1. The van der Waals surface area contributed by atoms with Gasteiger partial charge in [0.15, 0.2) is 0 Å². The van der Waals surface area contributed by atoms with Gasteiger partial charge in [0.25, 0.3) is 11.5 Å². The number of carbonyl (C=O) groups is 1. The van der Waals surface area contributed by atoms with E-state index in [1.54, 1.807) is 33.1 Å². The van der Waals surface area contributed by atoms with Gasteiger partial charge >= 0.3 is 0 Å². The number of carbonyl (C=O) groups excluding carboxylic acids is 1. The van der Waals surface area contributed by atoms with E-state index in [0.29, 0.717) is 18.8 Å². The summed E-state index contributed by atoms with van der Waals surface area (Å²) in [4.78, 5) is 28.3. The standard InChI is InChI=1S/C21H25N5O2S/c1-21(2,3)18-12-16(22-23-18)20(28)25-10-4-6-14(13-25)26-19(27)9-8-15(24-26)17-7-5-11-29-17/h5,7-9,11-12,14H,4,6,10,13H2,1-3H3,(H,22,23). The number of amides is 1. The number of aromatic amines is 1. The Bertz CT molecular complexity index is 1060. The molecule has 0 aromatic carbocycles. The maximum absolute atomic E-state index is 13.0. The number of likely N-dealkylation sites (tertiary alicyclic amines) is 1. The fraction of sp³-hybridized carbons (Fsp3) is 0.429.